The SMILES string of the molecule is NC1(N)N=C2C(=NCN2[C@@H]2O[C@H](CO)[C@@H](O)[C@H]2O)C(=O)N1. The van der Waals surface area contributed by atoms with Crippen molar-refractivity contribution in [1.82, 2.24) is 10.2 Å². The fourth-order valence-corrected chi connectivity index (χ4v) is 2.49. The van der Waals surface area contributed by atoms with E-state index in [1.807, 2.05) is 0 Å². The Morgan fingerprint density at radius 2 is 2.14 bits per heavy atom. The number of aliphatic hydroxyl groups excluding tert-OH is 3. The maximum atomic E-state index is 11.8. The lowest BCUT2D eigenvalue weighted by molar-refractivity contribution is -0.116. The summed E-state index contributed by atoms with van der Waals surface area (Å²) in [6, 6.07) is 0. The van der Waals surface area contributed by atoms with E-state index in [1.165, 1.54) is 4.90 Å². The average Bonchev–Trinajstić information content (AvgIpc) is 2.92. The van der Waals surface area contributed by atoms with Gasteiger partial charge in [-0.15, -0.1) is 0 Å². The quantitative estimate of drug-likeness (QED) is 0.275. The monoisotopic (exact) mass is 300 g/mol. The number of amidine groups is 1. The Kier molecular flexibility index (Phi) is 3.20. The standard InChI is InChI=1S/C10H16N6O5/c11-10(12)14-7-4(8(20)15-10)13-2-16(7)9-6(19)5(18)3(1-17)21-9/h3,5-6,9,17-19H,1-2,11-12H2,(H,15,20)/t3-,5-,6-,9-/m1/s1. The maximum absolute atomic E-state index is 11.8. The van der Waals surface area contributed by atoms with Gasteiger partial charge in [-0.05, 0) is 0 Å². The number of hydrogen-bond donors (Lipinski definition) is 6. The molecule has 8 N–H and O–H groups in total. The molecule has 0 aromatic carbocycles. The van der Waals surface area contributed by atoms with Crippen molar-refractivity contribution >= 4 is 17.5 Å². The van der Waals surface area contributed by atoms with E-state index in [-0.39, 0.29) is 18.2 Å². The molecule has 0 aromatic heterocycles. The van der Waals surface area contributed by atoms with Crippen LogP contribution >= 0.6 is 0 Å². The molecule has 0 radical (unpaired) electrons. The van der Waals surface area contributed by atoms with Gasteiger partial charge < -0.3 is 30.3 Å². The Bertz CT molecular complexity index is 534. The first kappa shape index (κ1) is 14.3. The number of hydrogen-bond acceptors (Lipinski definition) is 10. The highest BCUT2D eigenvalue weighted by atomic mass is 16.6. The number of rotatable bonds is 2. The summed E-state index contributed by atoms with van der Waals surface area (Å²) in [5.74, 6) is -2.29. The second-order valence-electron chi connectivity index (χ2n) is 5.06. The molecule has 1 fully saturated rings. The van der Waals surface area contributed by atoms with Crippen LogP contribution in [0.3, 0.4) is 0 Å². The third kappa shape index (κ3) is 2.19. The number of carbonyl (C=O) groups excluding carboxylic acids is 1. The van der Waals surface area contributed by atoms with Crippen molar-refractivity contribution < 1.29 is 24.9 Å². The molecule has 3 heterocycles. The third-order valence-corrected chi connectivity index (χ3v) is 3.51. The Hall–Kier alpha value is -1.63. The molecule has 1 amide bonds. The first-order valence-electron chi connectivity index (χ1n) is 6.28. The summed E-state index contributed by atoms with van der Waals surface area (Å²) in [7, 11) is 0. The van der Waals surface area contributed by atoms with Crippen molar-refractivity contribution in [2.45, 2.75) is 30.5 Å². The first-order valence-corrected chi connectivity index (χ1v) is 6.28. The van der Waals surface area contributed by atoms with Crippen LogP contribution in [-0.2, 0) is 9.53 Å². The number of ether oxygens (including phenoxy) is 1. The lowest BCUT2D eigenvalue weighted by atomic mass is 10.1. The number of carbonyl (C=O) groups is 1. The van der Waals surface area contributed by atoms with Crippen LogP contribution in [0.4, 0.5) is 0 Å². The van der Waals surface area contributed by atoms with Crippen molar-refractivity contribution in [3.8, 4) is 0 Å². The van der Waals surface area contributed by atoms with Crippen molar-refractivity contribution in [2.24, 2.45) is 21.5 Å². The van der Waals surface area contributed by atoms with Crippen LogP contribution in [-0.4, -0.2) is 81.4 Å². The number of aliphatic imine (C=N–C) groups is 2. The van der Waals surface area contributed by atoms with Gasteiger partial charge >= 0.3 is 0 Å². The summed E-state index contributed by atoms with van der Waals surface area (Å²) in [5.41, 5.74) is 11.2. The van der Waals surface area contributed by atoms with Crippen molar-refractivity contribution in [3.05, 3.63) is 0 Å². The second kappa shape index (κ2) is 4.69. The van der Waals surface area contributed by atoms with Crippen molar-refractivity contribution in [1.29, 1.82) is 0 Å². The van der Waals surface area contributed by atoms with Gasteiger partial charge in [-0.1, -0.05) is 0 Å². The number of aliphatic hydroxyl groups is 3. The van der Waals surface area contributed by atoms with E-state index in [0.717, 1.165) is 0 Å². The highest BCUT2D eigenvalue weighted by molar-refractivity contribution is 6.67. The molecule has 3 aliphatic rings. The van der Waals surface area contributed by atoms with E-state index in [2.05, 4.69) is 15.3 Å². The number of nitrogens with zero attached hydrogens (tertiary/aromatic N) is 3. The minimum Gasteiger partial charge on any atom is -0.394 e. The van der Waals surface area contributed by atoms with Crippen LogP contribution in [0.5, 0.6) is 0 Å². The minimum absolute atomic E-state index is 0.00966. The van der Waals surface area contributed by atoms with Gasteiger partial charge in [0.1, 0.15) is 25.0 Å². The van der Waals surface area contributed by atoms with Crippen LogP contribution in [0.25, 0.3) is 0 Å². The van der Waals surface area contributed by atoms with Gasteiger partial charge in [0.05, 0.1) is 6.61 Å². The maximum Gasteiger partial charge on any atom is 0.277 e. The number of fused-ring (bicyclic) bond motifs is 1. The van der Waals surface area contributed by atoms with Crippen LogP contribution in [0.15, 0.2) is 9.98 Å². The average molecular weight is 300 g/mol. The van der Waals surface area contributed by atoms with Gasteiger partial charge in [0.15, 0.2) is 17.8 Å². The molecule has 1 saturated heterocycles. The Morgan fingerprint density at radius 1 is 1.43 bits per heavy atom. The van der Waals surface area contributed by atoms with Gasteiger partial charge in [0.25, 0.3) is 5.91 Å². The minimum atomic E-state index is -1.79. The molecule has 0 aliphatic carbocycles. The normalized spacial score (nSPS) is 38.0. The lowest BCUT2D eigenvalue weighted by Gasteiger charge is -2.32. The summed E-state index contributed by atoms with van der Waals surface area (Å²) >= 11 is 0. The molecule has 11 heteroatoms. The van der Waals surface area contributed by atoms with Crippen molar-refractivity contribution in [2.75, 3.05) is 13.3 Å². The summed E-state index contributed by atoms with van der Waals surface area (Å²) in [5, 5.41) is 31.1. The fourth-order valence-electron chi connectivity index (χ4n) is 2.49. The zero-order chi connectivity index (χ0) is 15.4. The van der Waals surface area contributed by atoms with Gasteiger partial charge in [0, 0.05) is 0 Å². The largest absolute Gasteiger partial charge is 0.394 e. The van der Waals surface area contributed by atoms with Crippen molar-refractivity contribution in [3.63, 3.8) is 0 Å². The van der Waals surface area contributed by atoms with Gasteiger partial charge in [-0.25, -0.2) is 4.99 Å². The Balaban J connectivity index is 1.89. The Labute approximate surface area is 118 Å². The molecule has 11 nitrogen and oxygen atoms in total. The zero-order valence-corrected chi connectivity index (χ0v) is 10.9. The van der Waals surface area contributed by atoms with Crippen LogP contribution < -0.4 is 16.8 Å². The zero-order valence-electron chi connectivity index (χ0n) is 10.9. The highest BCUT2D eigenvalue weighted by Crippen LogP contribution is 2.27. The molecular weight excluding hydrogens is 284 g/mol. The molecule has 21 heavy (non-hydrogen) atoms. The molecular formula is C10H16N6O5. The number of nitrogens with one attached hydrogen (secondary N) is 1. The highest BCUT2D eigenvalue weighted by Gasteiger charge is 2.49. The summed E-state index contributed by atoms with van der Waals surface area (Å²) < 4.78 is 5.38. The molecule has 0 spiro atoms. The van der Waals surface area contributed by atoms with E-state index < -0.39 is 43.0 Å². The van der Waals surface area contributed by atoms with Gasteiger partial charge in [-0.3, -0.25) is 21.3 Å². The third-order valence-electron chi connectivity index (χ3n) is 3.51. The predicted molar refractivity (Wildman–Crippen MR) is 68.6 cm³/mol. The summed E-state index contributed by atoms with van der Waals surface area (Å²) in [6.07, 6.45) is -4.51. The molecule has 3 rings (SSSR count). The van der Waals surface area contributed by atoms with E-state index in [9.17, 15) is 15.0 Å². The predicted octanol–water partition coefficient (Wildman–Crippen LogP) is -4.80. The Morgan fingerprint density at radius 3 is 2.76 bits per heavy atom. The van der Waals surface area contributed by atoms with Crippen LogP contribution in [0, 0.1) is 0 Å². The topological polar surface area (TPSA) is 179 Å². The van der Waals surface area contributed by atoms with E-state index in [4.69, 9.17) is 21.3 Å². The smallest absolute Gasteiger partial charge is 0.277 e. The summed E-state index contributed by atoms with van der Waals surface area (Å²) in [6.45, 7) is -0.467. The fraction of sp³-hybridized carbons (Fsp3) is 0.700. The van der Waals surface area contributed by atoms with Crippen LogP contribution in [0.2, 0.25) is 0 Å². The summed E-state index contributed by atoms with van der Waals surface area (Å²) in [4.78, 5) is 21.1. The molecule has 0 aromatic rings. The molecule has 4 atom stereocenters. The molecule has 3 aliphatic heterocycles. The second-order valence-corrected chi connectivity index (χ2v) is 5.06. The first-order chi connectivity index (χ1) is 9.84. The van der Waals surface area contributed by atoms with E-state index in [0.29, 0.717) is 0 Å². The van der Waals surface area contributed by atoms with Crippen LogP contribution in [0.1, 0.15) is 0 Å². The van der Waals surface area contributed by atoms with Gasteiger partial charge in [-0.2, -0.15) is 0 Å². The van der Waals surface area contributed by atoms with E-state index >= 15 is 0 Å². The lowest BCUT2D eigenvalue weighted by Crippen LogP contribution is -2.68. The molecule has 116 valence electrons. The molecule has 0 bridgehead atoms. The van der Waals surface area contributed by atoms with E-state index in [1.54, 1.807) is 0 Å². The van der Waals surface area contributed by atoms with Gasteiger partial charge in [0.2, 0.25) is 5.91 Å². The number of amides is 1. The molecule has 0 saturated carbocycles. The molecule has 0 unspecified atom stereocenters. The number of nitrogens with two attached hydrogens (primary N) is 2.